The lowest BCUT2D eigenvalue weighted by Crippen LogP contribution is -2.54. The predicted molar refractivity (Wildman–Crippen MR) is 123 cm³/mol. The number of nitrogens with one attached hydrogen (secondary N) is 1. The van der Waals surface area contributed by atoms with Gasteiger partial charge >= 0.3 is 6.03 Å². The third-order valence-corrected chi connectivity index (χ3v) is 6.10. The number of halogens is 1. The summed E-state index contributed by atoms with van der Waals surface area (Å²) in [6.07, 6.45) is 3.62. The summed E-state index contributed by atoms with van der Waals surface area (Å²) in [5.41, 5.74) is 4.08. The first-order valence-corrected chi connectivity index (χ1v) is 10.3. The molecule has 32 heavy (non-hydrogen) atoms. The quantitative estimate of drug-likeness (QED) is 0.562. The van der Waals surface area contributed by atoms with Crippen LogP contribution in [-0.2, 0) is 9.59 Å². The number of barbiturate groups is 1. The number of carbonyl (C=O) groups is 3. The highest BCUT2D eigenvalue weighted by Crippen LogP contribution is 2.39. The third kappa shape index (κ3) is 3.39. The number of allylic oxidation sites excluding steroid dienone is 1. The van der Waals surface area contributed by atoms with Gasteiger partial charge in [-0.2, -0.15) is 0 Å². The first kappa shape index (κ1) is 21.5. The first-order chi connectivity index (χ1) is 15.0. The Morgan fingerprint density at radius 1 is 1.03 bits per heavy atom. The molecule has 0 unspecified atom stereocenters. The molecule has 0 radical (unpaired) electrons. The fraction of sp³-hybridized carbons (Fsp3) is 0.240. The summed E-state index contributed by atoms with van der Waals surface area (Å²) in [6.45, 7) is 8.18. The van der Waals surface area contributed by atoms with Crippen LogP contribution in [0.15, 0.2) is 48.0 Å². The Labute approximate surface area is 186 Å². The molecule has 0 spiro atoms. The zero-order valence-corrected chi connectivity index (χ0v) is 18.6. The largest absolute Gasteiger partial charge is 0.365 e. The molecule has 2 aliphatic rings. The lowest BCUT2D eigenvalue weighted by atomic mass is 9.87. The fourth-order valence-corrected chi connectivity index (χ4v) is 4.14. The Kier molecular flexibility index (Phi) is 5.00. The number of benzene rings is 2. The summed E-state index contributed by atoms with van der Waals surface area (Å²) < 4.78 is 14.3. The number of hydrogen-bond acceptors (Lipinski definition) is 4. The number of fused-ring (bicyclic) bond motifs is 1. The van der Waals surface area contributed by atoms with Gasteiger partial charge < -0.3 is 4.90 Å². The van der Waals surface area contributed by atoms with Gasteiger partial charge in [-0.05, 0) is 74.7 Å². The van der Waals surface area contributed by atoms with E-state index in [-0.39, 0.29) is 16.8 Å². The maximum absolute atomic E-state index is 14.3. The molecule has 0 aromatic heterocycles. The van der Waals surface area contributed by atoms with Crippen molar-refractivity contribution in [2.45, 2.75) is 33.2 Å². The summed E-state index contributed by atoms with van der Waals surface area (Å²) in [6, 6.07) is 8.40. The van der Waals surface area contributed by atoms with Gasteiger partial charge in [-0.25, -0.2) is 14.1 Å². The Morgan fingerprint density at radius 3 is 2.41 bits per heavy atom. The predicted octanol–water partition coefficient (Wildman–Crippen LogP) is 4.43. The minimum Gasteiger partial charge on any atom is -0.365 e. The molecule has 4 amide bonds. The number of para-hydroxylation sites is 1. The molecule has 1 N–H and O–H groups in total. The number of carbonyl (C=O) groups excluding carboxylic acids is 3. The van der Waals surface area contributed by atoms with E-state index in [9.17, 15) is 18.8 Å². The molecular formula is C25H24FN3O3. The molecule has 0 bridgehead atoms. The van der Waals surface area contributed by atoms with Crippen molar-refractivity contribution in [1.29, 1.82) is 0 Å². The van der Waals surface area contributed by atoms with Crippen LogP contribution in [0.1, 0.15) is 37.5 Å². The summed E-state index contributed by atoms with van der Waals surface area (Å²) in [5.74, 6) is -2.41. The Morgan fingerprint density at radius 2 is 1.72 bits per heavy atom. The smallest absolute Gasteiger partial charge is 0.336 e. The van der Waals surface area contributed by atoms with Gasteiger partial charge in [-0.15, -0.1) is 0 Å². The minimum atomic E-state index is -0.980. The van der Waals surface area contributed by atoms with Crippen LogP contribution in [0.4, 0.5) is 20.6 Å². The molecular weight excluding hydrogens is 409 g/mol. The Hall–Kier alpha value is -3.74. The van der Waals surface area contributed by atoms with Gasteiger partial charge in [0.05, 0.1) is 11.2 Å². The topological polar surface area (TPSA) is 69.7 Å². The molecule has 2 aromatic carbocycles. The number of nitrogens with zero attached hydrogens (tertiary/aromatic N) is 2. The highest BCUT2D eigenvalue weighted by atomic mass is 19.1. The monoisotopic (exact) mass is 433 g/mol. The summed E-state index contributed by atoms with van der Waals surface area (Å²) >= 11 is 0. The van der Waals surface area contributed by atoms with Crippen molar-refractivity contribution >= 4 is 40.9 Å². The van der Waals surface area contributed by atoms with Crippen LogP contribution in [0.2, 0.25) is 0 Å². The number of imide groups is 2. The summed E-state index contributed by atoms with van der Waals surface area (Å²) in [4.78, 5) is 40.8. The van der Waals surface area contributed by atoms with E-state index in [1.807, 2.05) is 33.0 Å². The molecule has 1 saturated heterocycles. The van der Waals surface area contributed by atoms with E-state index in [0.717, 1.165) is 28.5 Å². The van der Waals surface area contributed by atoms with E-state index in [1.165, 1.54) is 24.3 Å². The van der Waals surface area contributed by atoms with E-state index in [4.69, 9.17) is 0 Å². The lowest BCUT2D eigenvalue weighted by Gasteiger charge is -2.41. The van der Waals surface area contributed by atoms with Crippen molar-refractivity contribution in [3.8, 4) is 0 Å². The van der Waals surface area contributed by atoms with Crippen molar-refractivity contribution in [3.05, 3.63) is 70.6 Å². The highest BCUT2D eigenvalue weighted by molar-refractivity contribution is 6.39. The zero-order valence-electron chi connectivity index (χ0n) is 18.6. The van der Waals surface area contributed by atoms with Crippen LogP contribution < -0.4 is 15.1 Å². The van der Waals surface area contributed by atoms with Crippen molar-refractivity contribution in [2.75, 3.05) is 16.8 Å². The molecule has 0 aliphatic carbocycles. The second kappa shape index (κ2) is 7.44. The number of hydrogen-bond donors (Lipinski definition) is 1. The Balaban J connectivity index is 1.81. The normalized spacial score (nSPS) is 19.1. The molecule has 1 fully saturated rings. The standard InChI is InChI=1S/C25H24FN3O3/c1-14-10-21-17(15(2)13-25(3,4)28(21)5)11-16(14)12-18-22(30)27-24(32)29(23(18)31)20-9-7-6-8-19(20)26/h6-13H,1-5H3,(H,27,30,32)/b18-12+. The Bertz CT molecular complexity index is 1240. The van der Waals surface area contributed by atoms with Gasteiger partial charge in [0.1, 0.15) is 11.4 Å². The first-order valence-electron chi connectivity index (χ1n) is 10.3. The molecule has 6 nitrogen and oxygen atoms in total. The van der Waals surface area contributed by atoms with Crippen LogP contribution in [0, 0.1) is 12.7 Å². The highest BCUT2D eigenvalue weighted by Gasteiger charge is 2.38. The maximum Gasteiger partial charge on any atom is 0.336 e. The van der Waals surface area contributed by atoms with Crippen molar-refractivity contribution in [3.63, 3.8) is 0 Å². The molecule has 2 heterocycles. The average Bonchev–Trinajstić information content (AvgIpc) is 2.71. The SMILES string of the molecule is CC1=CC(C)(C)N(C)c2cc(C)c(/C=C3\C(=O)NC(=O)N(c4ccccc4F)C3=O)cc21. The molecule has 7 heteroatoms. The molecule has 2 aromatic rings. The van der Waals surface area contributed by atoms with E-state index < -0.39 is 23.7 Å². The van der Waals surface area contributed by atoms with Gasteiger partial charge in [-0.1, -0.05) is 18.2 Å². The second-order valence-corrected chi connectivity index (χ2v) is 8.68. The molecule has 2 aliphatic heterocycles. The van der Waals surface area contributed by atoms with E-state index >= 15 is 0 Å². The average molecular weight is 433 g/mol. The minimum absolute atomic E-state index is 0.149. The van der Waals surface area contributed by atoms with Gasteiger partial charge in [0.2, 0.25) is 0 Å². The van der Waals surface area contributed by atoms with Crippen LogP contribution in [-0.4, -0.2) is 30.4 Å². The van der Waals surface area contributed by atoms with Crippen molar-refractivity contribution in [1.82, 2.24) is 5.32 Å². The zero-order chi connectivity index (χ0) is 23.4. The fourth-order valence-electron chi connectivity index (χ4n) is 4.14. The number of rotatable bonds is 2. The number of urea groups is 1. The van der Waals surface area contributed by atoms with Crippen LogP contribution in [0.3, 0.4) is 0 Å². The maximum atomic E-state index is 14.3. The third-order valence-electron chi connectivity index (χ3n) is 6.10. The lowest BCUT2D eigenvalue weighted by molar-refractivity contribution is -0.122. The van der Waals surface area contributed by atoms with Crippen molar-refractivity contribution in [2.24, 2.45) is 0 Å². The van der Waals surface area contributed by atoms with Crippen LogP contribution in [0.5, 0.6) is 0 Å². The van der Waals surface area contributed by atoms with Gasteiger partial charge in [0.15, 0.2) is 0 Å². The van der Waals surface area contributed by atoms with Crippen LogP contribution >= 0.6 is 0 Å². The van der Waals surface area contributed by atoms with Crippen LogP contribution in [0.25, 0.3) is 11.6 Å². The number of anilines is 2. The van der Waals surface area contributed by atoms with Gasteiger partial charge in [0, 0.05) is 18.3 Å². The molecule has 164 valence electrons. The summed E-state index contributed by atoms with van der Waals surface area (Å²) in [7, 11) is 2.02. The second-order valence-electron chi connectivity index (χ2n) is 8.68. The number of aryl methyl sites for hydroxylation is 1. The van der Waals surface area contributed by atoms with E-state index in [0.29, 0.717) is 10.5 Å². The number of likely N-dealkylation sites (N-methyl/N-ethyl adjacent to an activating group) is 1. The number of amides is 4. The van der Waals surface area contributed by atoms with Crippen molar-refractivity contribution < 1.29 is 18.8 Å². The summed E-state index contributed by atoms with van der Waals surface area (Å²) in [5, 5.41) is 2.14. The van der Waals surface area contributed by atoms with E-state index in [1.54, 1.807) is 0 Å². The van der Waals surface area contributed by atoms with E-state index in [2.05, 4.69) is 30.1 Å². The molecule has 0 atom stereocenters. The van der Waals surface area contributed by atoms with Gasteiger partial charge in [0.25, 0.3) is 11.8 Å². The molecule has 4 rings (SSSR count). The molecule has 0 saturated carbocycles. The van der Waals surface area contributed by atoms with Gasteiger partial charge in [-0.3, -0.25) is 14.9 Å².